The van der Waals surface area contributed by atoms with Crippen LogP contribution >= 0.6 is 0 Å². The van der Waals surface area contributed by atoms with E-state index in [2.05, 4.69) is 18.7 Å². The maximum Gasteiger partial charge on any atom is 0.0703 e. The highest BCUT2D eigenvalue weighted by atomic mass is 16.5. The van der Waals surface area contributed by atoms with Gasteiger partial charge in [-0.25, -0.2) is 0 Å². The molecule has 1 aliphatic heterocycles. The third-order valence-corrected chi connectivity index (χ3v) is 4.95. The Labute approximate surface area is 112 Å². The molecular weight excluding hydrogens is 224 g/mol. The highest BCUT2D eigenvalue weighted by molar-refractivity contribution is 4.96. The molecule has 0 amide bonds. The minimum atomic E-state index is 0.248. The summed E-state index contributed by atoms with van der Waals surface area (Å²) in [4.78, 5) is 2.62. The fourth-order valence-electron chi connectivity index (χ4n) is 3.93. The van der Waals surface area contributed by atoms with Gasteiger partial charge >= 0.3 is 0 Å². The Morgan fingerprint density at radius 3 is 2.72 bits per heavy atom. The Morgan fingerprint density at radius 1 is 1.33 bits per heavy atom. The van der Waals surface area contributed by atoms with E-state index in [0.29, 0.717) is 6.10 Å². The molecule has 2 aliphatic rings. The molecule has 0 bridgehead atoms. The van der Waals surface area contributed by atoms with E-state index in [4.69, 9.17) is 10.5 Å². The normalized spacial score (nSPS) is 37.3. The van der Waals surface area contributed by atoms with Crippen LogP contribution in [0.25, 0.3) is 0 Å². The molecule has 2 rings (SSSR count). The summed E-state index contributed by atoms with van der Waals surface area (Å²) in [7, 11) is 0. The lowest BCUT2D eigenvalue weighted by Crippen LogP contribution is -2.57. The van der Waals surface area contributed by atoms with Crippen LogP contribution in [0.3, 0.4) is 0 Å². The maximum absolute atomic E-state index is 6.17. The highest BCUT2D eigenvalue weighted by Crippen LogP contribution is 2.36. The lowest BCUT2D eigenvalue weighted by atomic mass is 9.75. The molecule has 1 heterocycles. The molecule has 106 valence electrons. The summed E-state index contributed by atoms with van der Waals surface area (Å²) in [6.07, 6.45) is 8.16. The summed E-state index contributed by atoms with van der Waals surface area (Å²) < 4.78 is 5.81. The third-order valence-electron chi connectivity index (χ3n) is 4.95. The number of nitrogens with zero attached hydrogens (tertiary/aromatic N) is 1. The van der Waals surface area contributed by atoms with E-state index >= 15 is 0 Å². The van der Waals surface area contributed by atoms with Crippen LogP contribution < -0.4 is 5.73 Å². The molecular formula is C15H30N2O. The first-order valence-electron chi connectivity index (χ1n) is 7.77. The number of hydrogen-bond donors (Lipinski definition) is 1. The Bertz CT molecular complexity index is 253. The largest absolute Gasteiger partial charge is 0.377 e. The number of rotatable bonds is 5. The Kier molecular flexibility index (Phi) is 5.05. The van der Waals surface area contributed by atoms with Crippen molar-refractivity contribution in [2.75, 3.05) is 26.2 Å². The second-order valence-electron chi connectivity index (χ2n) is 6.30. The number of hydrogen-bond acceptors (Lipinski definition) is 3. The Hall–Kier alpha value is -0.120. The molecule has 1 saturated heterocycles. The zero-order chi connectivity index (χ0) is 13.0. The number of nitrogens with two attached hydrogens (primary N) is 1. The van der Waals surface area contributed by atoms with Crippen LogP contribution in [0.15, 0.2) is 0 Å². The van der Waals surface area contributed by atoms with Crippen molar-refractivity contribution in [3.8, 4) is 0 Å². The predicted octanol–water partition coefficient (Wildman–Crippen LogP) is 2.39. The summed E-state index contributed by atoms with van der Waals surface area (Å²) in [6, 6.07) is 0. The standard InChI is InChI=1S/C15H30N2O/c1-3-17(11-14-7-5-9-18-14)15(12-16)8-4-6-13(2)10-15/h13-14H,3-12,16H2,1-2H3. The first-order chi connectivity index (χ1) is 8.70. The molecule has 0 aromatic carbocycles. The van der Waals surface area contributed by atoms with Gasteiger partial charge in [0.1, 0.15) is 0 Å². The van der Waals surface area contributed by atoms with Gasteiger partial charge in [-0.2, -0.15) is 0 Å². The van der Waals surface area contributed by atoms with Crippen molar-refractivity contribution >= 4 is 0 Å². The fourth-order valence-corrected chi connectivity index (χ4v) is 3.93. The SMILES string of the molecule is CCN(CC1CCCO1)C1(CN)CCCC(C)C1. The molecule has 3 unspecified atom stereocenters. The van der Waals surface area contributed by atoms with E-state index in [1.165, 1.54) is 38.5 Å². The van der Waals surface area contributed by atoms with Crippen LogP contribution in [-0.2, 0) is 4.74 Å². The minimum absolute atomic E-state index is 0.248. The lowest BCUT2D eigenvalue weighted by molar-refractivity contribution is -0.00260. The molecule has 0 aromatic rings. The molecule has 0 radical (unpaired) electrons. The van der Waals surface area contributed by atoms with Gasteiger partial charge in [0, 0.05) is 25.2 Å². The molecule has 0 aromatic heterocycles. The fraction of sp³-hybridized carbons (Fsp3) is 1.00. The van der Waals surface area contributed by atoms with Crippen molar-refractivity contribution in [1.29, 1.82) is 0 Å². The summed E-state index contributed by atoms with van der Waals surface area (Å²) in [5.74, 6) is 0.820. The molecule has 3 heteroatoms. The number of likely N-dealkylation sites (N-methyl/N-ethyl adjacent to an activating group) is 1. The molecule has 3 atom stereocenters. The van der Waals surface area contributed by atoms with Crippen molar-refractivity contribution in [2.45, 2.75) is 64.0 Å². The van der Waals surface area contributed by atoms with Gasteiger partial charge in [0.15, 0.2) is 0 Å². The van der Waals surface area contributed by atoms with E-state index < -0.39 is 0 Å². The molecule has 2 N–H and O–H groups in total. The summed E-state index contributed by atoms with van der Waals surface area (Å²) in [5, 5.41) is 0. The van der Waals surface area contributed by atoms with Crippen LogP contribution in [0.2, 0.25) is 0 Å². The van der Waals surface area contributed by atoms with E-state index in [0.717, 1.165) is 32.2 Å². The Balaban J connectivity index is 2.02. The molecule has 2 fully saturated rings. The van der Waals surface area contributed by atoms with Crippen LogP contribution in [0.1, 0.15) is 52.4 Å². The van der Waals surface area contributed by atoms with Crippen molar-refractivity contribution in [2.24, 2.45) is 11.7 Å². The van der Waals surface area contributed by atoms with Crippen molar-refractivity contribution < 1.29 is 4.74 Å². The summed E-state index contributed by atoms with van der Waals surface area (Å²) in [5.41, 5.74) is 6.42. The smallest absolute Gasteiger partial charge is 0.0703 e. The monoisotopic (exact) mass is 254 g/mol. The van der Waals surface area contributed by atoms with Gasteiger partial charge in [-0.1, -0.05) is 26.7 Å². The molecule has 18 heavy (non-hydrogen) atoms. The van der Waals surface area contributed by atoms with Crippen molar-refractivity contribution in [3.05, 3.63) is 0 Å². The Morgan fingerprint density at radius 2 is 2.17 bits per heavy atom. The predicted molar refractivity (Wildman–Crippen MR) is 75.6 cm³/mol. The maximum atomic E-state index is 6.17. The quantitative estimate of drug-likeness (QED) is 0.819. The summed E-state index contributed by atoms with van der Waals surface area (Å²) in [6.45, 7) is 8.59. The molecule has 1 saturated carbocycles. The van der Waals surface area contributed by atoms with Crippen molar-refractivity contribution in [1.82, 2.24) is 4.90 Å². The number of ether oxygens (including phenoxy) is 1. The highest BCUT2D eigenvalue weighted by Gasteiger charge is 2.39. The van der Waals surface area contributed by atoms with Crippen LogP contribution in [0, 0.1) is 5.92 Å². The minimum Gasteiger partial charge on any atom is -0.377 e. The van der Waals surface area contributed by atoms with E-state index in [1.54, 1.807) is 0 Å². The lowest BCUT2D eigenvalue weighted by Gasteiger charge is -2.48. The van der Waals surface area contributed by atoms with Gasteiger partial charge < -0.3 is 10.5 Å². The third kappa shape index (κ3) is 3.06. The van der Waals surface area contributed by atoms with Crippen LogP contribution in [-0.4, -0.2) is 42.8 Å². The van der Waals surface area contributed by atoms with Gasteiger partial charge in [0.2, 0.25) is 0 Å². The van der Waals surface area contributed by atoms with Crippen LogP contribution in [0.5, 0.6) is 0 Å². The summed E-state index contributed by atoms with van der Waals surface area (Å²) >= 11 is 0. The molecule has 3 nitrogen and oxygen atoms in total. The van der Waals surface area contributed by atoms with Gasteiger partial charge in [-0.3, -0.25) is 4.90 Å². The zero-order valence-electron chi connectivity index (χ0n) is 12.2. The molecule has 1 aliphatic carbocycles. The van der Waals surface area contributed by atoms with E-state index in [9.17, 15) is 0 Å². The average Bonchev–Trinajstić information content (AvgIpc) is 2.88. The van der Waals surface area contributed by atoms with E-state index in [1.807, 2.05) is 0 Å². The topological polar surface area (TPSA) is 38.5 Å². The first-order valence-corrected chi connectivity index (χ1v) is 7.77. The average molecular weight is 254 g/mol. The van der Waals surface area contributed by atoms with Crippen molar-refractivity contribution in [3.63, 3.8) is 0 Å². The van der Waals surface area contributed by atoms with Gasteiger partial charge in [0.25, 0.3) is 0 Å². The van der Waals surface area contributed by atoms with Gasteiger partial charge in [0.05, 0.1) is 6.10 Å². The van der Waals surface area contributed by atoms with Crippen LogP contribution in [0.4, 0.5) is 0 Å². The van der Waals surface area contributed by atoms with Gasteiger partial charge in [-0.05, 0) is 38.1 Å². The first kappa shape index (κ1) is 14.3. The van der Waals surface area contributed by atoms with E-state index in [-0.39, 0.29) is 5.54 Å². The zero-order valence-corrected chi connectivity index (χ0v) is 12.2. The van der Waals surface area contributed by atoms with Gasteiger partial charge in [-0.15, -0.1) is 0 Å². The second kappa shape index (κ2) is 6.36. The molecule has 0 spiro atoms. The second-order valence-corrected chi connectivity index (χ2v) is 6.30.